The average molecular weight is 411 g/mol. The number of anilines is 2. The van der Waals surface area contributed by atoms with Crippen LogP contribution in [0.2, 0.25) is 0 Å². The lowest BCUT2D eigenvalue weighted by molar-refractivity contribution is -0.121. The average Bonchev–Trinajstić information content (AvgIpc) is 2.70. The summed E-state index contributed by atoms with van der Waals surface area (Å²) >= 11 is 0. The van der Waals surface area contributed by atoms with Gasteiger partial charge in [-0.1, -0.05) is 31.5 Å². The van der Waals surface area contributed by atoms with Crippen LogP contribution in [0, 0.1) is 12.8 Å². The Balaban J connectivity index is 1.56. The van der Waals surface area contributed by atoms with Gasteiger partial charge in [-0.05, 0) is 56.0 Å². The molecule has 0 unspecified atom stereocenters. The number of aryl methyl sites for hydroxylation is 1. The van der Waals surface area contributed by atoms with Crippen LogP contribution in [0.5, 0.6) is 11.5 Å². The fourth-order valence-electron chi connectivity index (χ4n) is 3.30. The maximum atomic E-state index is 12.4. The minimum atomic E-state index is -0.0763. The van der Waals surface area contributed by atoms with E-state index in [0.29, 0.717) is 36.7 Å². The molecule has 1 heterocycles. The molecule has 0 spiro atoms. The standard InChI is InChI=1S/C24H30N2O4/c1-17(2)14-23(27)25-19-8-11-22-21(15-19)26(24(28)16-30-22)12-4-5-13-29-20-9-6-18(3)7-10-20/h6-11,15,17H,4-5,12-14,16H2,1-3H3,(H,25,27). The molecule has 0 fully saturated rings. The molecular weight excluding hydrogens is 380 g/mol. The van der Waals surface area contributed by atoms with Gasteiger partial charge in [0.25, 0.3) is 5.91 Å². The smallest absolute Gasteiger partial charge is 0.265 e. The Morgan fingerprint density at radius 1 is 1.17 bits per heavy atom. The number of rotatable bonds is 9. The van der Waals surface area contributed by atoms with Crippen molar-refractivity contribution in [1.29, 1.82) is 0 Å². The van der Waals surface area contributed by atoms with Crippen molar-refractivity contribution in [2.45, 2.75) is 40.0 Å². The van der Waals surface area contributed by atoms with Crippen LogP contribution in [0.15, 0.2) is 42.5 Å². The maximum Gasteiger partial charge on any atom is 0.265 e. The van der Waals surface area contributed by atoms with Crippen molar-refractivity contribution in [3.05, 3.63) is 48.0 Å². The summed E-state index contributed by atoms with van der Waals surface area (Å²) in [5.74, 6) is 1.69. The molecule has 1 aliphatic rings. The van der Waals surface area contributed by atoms with Gasteiger partial charge in [0, 0.05) is 18.7 Å². The summed E-state index contributed by atoms with van der Waals surface area (Å²) in [6.45, 7) is 7.26. The van der Waals surface area contributed by atoms with Crippen molar-refractivity contribution >= 4 is 23.2 Å². The number of carbonyl (C=O) groups is 2. The number of ether oxygens (including phenoxy) is 2. The monoisotopic (exact) mass is 410 g/mol. The van der Waals surface area contributed by atoms with E-state index in [-0.39, 0.29) is 24.3 Å². The summed E-state index contributed by atoms with van der Waals surface area (Å²) in [6.07, 6.45) is 2.09. The summed E-state index contributed by atoms with van der Waals surface area (Å²) in [5.41, 5.74) is 2.57. The molecule has 1 N–H and O–H groups in total. The van der Waals surface area contributed by atoms with Gasteiger partial charge in [0.2, 0.25) is 5.91 Å². The Hall–Kier alpha value is -3.02. The first-order valence-corrected chi connectivity index (χ1v) is 10.5. The van der Waals surface area contributed by atoms with E-state index in [1.165, 1.54) is 5.56 Å². The third-order valence-electron chi connectivity index (χ3n) is 4.85. The zero-order chi connectivity index (χ0) is 21.5. The summed E-state index contributed by atoms with van der Waals surface area (Å²) in [6, 6.07) is 13.4. The number of nitrogens with zero attached hydrogens (tertiary/aromatic N) is 1. The van der Waals surface area contributed by atoms with Crippen LogP contribution in [0.4, 0.5) is 11.4 Å². The van der Waals surface area contributed by atoms with E-state index in [9.17, 15) is 9.59 Å². The summed E-state index contributed by atoms with van der Waals surface area (Å²) in [5, 5.41) is 2.90. The van der Waals surface area contributed by atoms with Gasteiger partial charge >= 0.3 is 0 Å². The Bertz CT molecular complexity index is 877. The SMILES string of the molecule is Cc1ccc(OCCCCN2C(=O)COc3ccc(NC(=O)CC(C)C)cc32)cc1. The van der Waals surface area contributed by atoms with Gasteiger partial charge in [-0.3, -0.25) is 9.59 Å². The lowest BCUT2D eigenvalue weighted by atomic mass is 10.1. The van der Waals surface area contributed by atoms with Crippen molar-refractivity contribution in [2.75, 3.05) is 30.0 Å². The van der Waals surface area contributed by atoms with E-state index in [0.717, 1.165) is 18.6 Å². The normalized spacial score (nSPS) is 13.1. The molecule has 2 aromatic rings. The first kappa shape index (κ1) is 21.7. The van der Waals surface area contributed by atoms with Gasteiger partial charge < -0.3 is 19.7 Å². The highest BCUT2D eigenvalue weighted by atomic mass is 16.5. The van der Waals surface area contributed by atoms with E-state index in [4.69, 9.17) is 9.47 Å². The Morgan fingerprint density at radius 3 is 2.67 bits per heavy atom. The Labute approximate surface area is 178 Å². The van der Waals surface area contributed by atoms with Crippen LogP contribution in [-0.4, -0.2) is 31.6 Å². The molecule has 0 bridgehead atoms. The van der Waals surface area contributed by atoms with Crippen LogP contribution in [-0.2, 0) is 9.59 Å². The Morgan fingerprint density at radius 2 is 1.93 bits per heavy atom. The molecule has 6 heteroatoms. The van der Waals surface area contributed by atoms with Crippen LogP contribution >= 0.6 is 0 Å². The molecule has 6 nitrogen and oxygen atoms in total. The van der Waals surface area contributed by atoms with E-state index in [1.807, 2.05) is 51.1 Å². The zero-order valence-corrected chi connectivity index (χ0v) is 17.9. The van der Waals surface area contributed by atoms with E-state index in [1.54, 1.807) is 17.0 Å². The van der Waals surface area contributed by atoms with Gasteiger partial charge in [-0.2, -0.15) is 0 Å². The number of fused-ring (bicyclic) bond motifs is 1. The molecule has 2 amide bonds. The number of carbonyl (C=O) groups excluding carboxylic acids is 2. The molecule has 0 aliphatic carbocycles. The number of amides is 2. The van der Waals surface area contributed by atoms with Gasteiger partial charge in [0.05, 0.1) is 12.3 Å². The Kier molecular flexibility index (Phi) is 7.33. The highest BCUT2D eigenvalue weighted by molar-refractivity contribution is 5.99. The molecule has 3 rings (SSSR count). The second kappa shape index (κ2) is 10.1. The molecule has 0 radical (unpaired) electrons. The number of hydrogen-bond donors (Lipinski definition) is 1. The summed E-state index contributed by atoms with van der Waals surface area (Å²) in [7, 11) is 0. The number of unbranched alkanes of at least 4 members (excludes halogenated alkanes) is 1. The minimum absolute atomic E-state index is 0.0337. The number of nitrogens with one attached hydrogen (secondary N) is 1. The van der Waals surface area contributed by atoms with E-state index in [2.05, 4.69) is 5.32 Å². The van der Waals surface area contributed by atoms with E-state index >= 15 is 0 Å². The van der Waals surface area contributed by atoms with Gasteiger partial charge in [-0.15, -0.1) is 0 Å². The van der Waals surface area contributed by atoms with Crippen molar-refractivity contribution in [3.63, 3.8) is 0 Å². The van der Waals surface area contributed by atoms with E-state index < -0.39 is 0 Å². The molecule has 0 saturated carbocycles. The second-order valence-corrected chi connectivity index (χ2v) is 8.03. The first-order chi connectivity index (χ1) is 14.4. The predicted molar refractivity (Wildman–Crippen MR) is 118 cm³/mol. The summed E-state index contributed by atoms with van der Waals surface area (Å²) in [4.78, 5) is 26.3. The molecule has 30 heavy (non-hydrogen) atoms. The highest BCUT2D eigenvalue weighted by Crippen LogP contribution is 2.35. The summed E-state index contributed by atoms with van der Waals surface area (Å²) < 4.78 is 11.3. The largest absolute Gasteiger partial charge is 0.494 e. The van der Waals surface area contributed by atoms with Crippen molar-refractivity contribution in [2.24, 2.45) is 5.92 Å². The van der Waals surface area contributed by atoms with Crippen LogP contribution in [0.1, 0.15) is 38.7 Å². The molecule has 160 valence electrons. The molecule has 1 aliphatic heterocycles. The maximum absolute atomic E-state index is 12.4. The van der Waals surface area contributed by atoms with Crippen molar-refractivity contribution < 1.29 is 19.1 Å². The molecule has 0 aromatic heterocycles. The predicted octanol–water partition coefficient (Wildman–Crippen LogP) is 4.56. The molecular formula is C24H30N2O4. The quantitative estimate of drug-likeness (QED) is 0.615. The number of hydrogen-bond acceptors (Lipinski definition) is 4. The highest BCUT2D eigenvalue weighted by Gasteiger charge is 2.25. The first-order valence-electron chi connectivity index (χ1n) is 10.5. The van der Waals surface area contributed by atoms with Crippen LogP contribution < -0.4 is 19.7 Å². The lowest BCUT2D eigenvalue weighted by Crippen LogP contribution is -2.39. The van der Waals surface area contributed by atoms with Crippen LogP contribution in [0.3, 0.4) is 0 Å². The fourth-order valence-corrected chi connectivity index (χ4v) is 3.30. The van der Waals surface area contributed by atoms with Crippen LogP contribution in [0.25, 0.3) is 0 Å². The molecule has 2 aromatic carbocycles. The lowest BCUT2D eigenvalue weighted by Gasteiger charge is -2.30. The van der Waals surface area contributed by atoms with Gasteiger partial charge in [0.15, 0.2) is 6.61 Å². The topological polar surface area (TPSA) is 67.9 Å². The number of benzene rings is 2. The third kappa shape index (κ3) is 5.99. The molecule has 0 atom stereocenters. The molecule has 0 saturated heterocycles. The second-order valence-electron chi connectivity index (χ2n) is 8.03. The van der Waals surface area contributed by atoms with Gasteiger partial charge in [0.1, 0.15) is 11.5 Å². The fraction of sp³-hybridized carbons (Fsp3) is 0.417. The minimum Gasteiger partial charge on any atom is -0.494 e. The van der Waals surface area contributed by atoms with Crippen molar-refractivity contribution in [1.82, 2.24) is 0 Å². The van der Waals surface area contributed by atoms with Gasteiger partial charge in [-0.25, -0.2) is 0 Å². The third-order valence-corrected chi connectivity index (χ3v) is 4.85. The zero-order valence-electron chi connectivity index (χ0n) is 17.9. The van der Waals surface area contributed by atoms with Crippen molar-refractivity contribution in [3.8, 4) is 11.5 Å².